The van der Waals surface area contributed by atoms with E-state index in [-0.39, 0.29) is 15.5 Å². The van der Waals surface area contributed by atoms with Crippen LogP contribution in [0.5, 0.6) is 0 Å². The van der Waals surface area contributed by atoms with Crippen LogP contribution in [0.3, 0.4) is 0 Å². The fourth-order valence-electron chi connectivity index (χ4n) is 0.795. The molecule has 70 valence electrons. The second kappa shape index (κ2) is 4.55. The molecule has 0 aliphatic carbocycles. The van der Waals surface area contributed by atoms with Gasteiger partial charge < -0.3 is 5.32 Å². The standard InChI is InChI=1S/C9H9FINO/c1-6(11)9(13)12-8-5-3-2-4-7(8)10/h2-6H,1H3,(H,12,13). The first kappa shape index (κ1) is 10.4. The molecule has 1 N–H and O–H groups in total. The zero-order chi connectivity index (χ0) is 9.84. The molecule has 0 radical (unpaired) electrons. The first-order valence-electron chi connectivity index (χ1n) is 3.80. The van der Waals surface area contributed by atoms with Gasteiger partial charge >= 0.3 is 0 Å². The molecule has 1 atom stereocenters. The molecule has 1 rings (SSSR count). The van der Waals surface area contributed by atoms with Gasteiger partial charge in [0.15, 0.2) is 0 Å². The minimum atomic E-state index is -0.409. The van der Waals surface area contributed by atoms with Crippen molar-refractivity contribution < 1.29 is 9.18 Å². The minimum absolute atomic E-state index is 0.169. The Hall–Kier alpha value is -0.650. The number of carbonyl (C=O) groups is 1. The Bertz CT molecular complexity index is 314. The monoisotopic (exact) mass is 293 g/mol. The second-order valence-electron chi connectivity index (χ2n) is 2.59. The third-order valence-corrected chi connectivity index (χ3v) is 2.06. The zero-order valence-electron chi connectivity index (χ0n) is 7.05. The predicted molar refractivity (Wildman–Crippen MR) is 58.5 cm³/mol. The van der Waals surface area contributed by atoms with Crippen molar-refractivity contribution in [2.75, 3.05) is 5.32 Å². The molecule has 0 aliphatic heterocycles. The first-order valence-corrected chi connectivity index (χ1v) is 5.05. The number of nitrogens with one attached hydrogen (secondary N) is 1. The molecule has 0 heterocycles. The summed E-state index contributed by atoms with van der Waals surface area (Å²) in [5, 5.41) is 2.49. The van der Waals surface area contributed by atoms with Crippen LogP contribution in [0.25, 0.3) is 0 Å². The van der Waals surface area contributed by atoms with Crippen LogP contribution >= 0.6 is 22.6 Å². The number of hydrogen-bond donors (Lipinski definition) is 1. The van der Waals surface area contributed by atoms with E-state index in [9.17, 15) is 9.18 Å². The Kier molecular flexibility index (Phi) is 3.65. The lowest BCUT2D eigenvalue weighted by molar-refractivity contribution is -0.115. The second-order valence-corrected chi connectivity index (χ2v) is 4.45. The van der Waals surface area contributed by atoms with Crippen LogP contribution in [-0.4, -0.2) is 9.83 Å². The molecule has 1 unspecified atom stereocenters. The quantitative estimate of drug-likeness (QED) is 0.659. The molecule has 0 bridgehead atoms. The molecule has 4 heteroatoms. The number of amides is 1. The summed E-state index contributed by atoms with van der Waals surface area (Å²) in [6.45, 7) is 1.75. The van der Waals surface area contributed by atoms with Crippen LogP contribution in [0.15, 0.2) is 24.3 Å². The van der Waals surface area contributed by atoms with Crippen molar-refractivity contribution in [2.24, 2.45) is 0 Å². The van der Waals surface area contributed by atoms with Crippen LogP contribution in [-0.2, 0) is 4.79 Å². The molecule has 2 nitrogen and oxygen atoms in total. The lowest BCUT2D eigenvalue weighted by atomic mass is 10.3. The van der Waals surface area contributed by atoms with Gasteiger partial charge in [0.2, 0.25) is 5.91 Å². The zero-order valence-corrected chi connectivity index (χ0v) is 9.21. The fraction of sp³-hybridized carbons (Fsp3) is 0.222. The van der Waals surface area contributed by atoms with Crippen molar-refractivity contribution in [1.29, 1.82) is 0 Å². The summed E-state index contributed by atoms with van der Waals surface area (Å²) in [5.41, 5.74) is 0.232. The molecule has 0 aliphatic rings. The summed E-state index contributed by atoms with van der Waals surface area (Å²) in [7, 11) is 0. The van der Waals surface area contributed by atoms with Crippen LogP contribution in [0.4, 0.5) is 10.1 Å². The lowest BCUT2D eigenvalue weighted by Gasteiger charge is -2.06. The van der Waals surface area contributed by atoms with Gasteiger partial charge in [0.25, 0.3) is 0 Å². The summed E-state index contributed by atoms with van der Waals surface area (Å²) >= 11 is 1.97. The van der Waals surface area contributed by atoms with Crippen LogP contribution in [0.1, 0.15) is 6.92 Å². The average molecular weight is 293 g/mol. The molecular weight excluding hydrogens is 284 g/mol. The van der Waals surface area contributed by atoms with Gasteiger partial charge in [-0.25, -0.2) is 4.39 Å². The molecule has 1 aromatic rings. The maximum Gasteiger partial charge on any atom is 0.237 e. The van der Waals surface area contributed by atoms with E-state index in [0.29, 0.717) is 0 Å². The lowest BCUT2D eigenvalue weighted by Crippen LogP contribution is -2.20. The Morgan fingerprint density at radius 2 is 2.15 bits per heavy atom. The summed E-state index contributed by atoms with van der Waals surface area (Å²) in [5.74, 6) is -0.599. The van der Waals surface area contributed by atoms with Crippen molar-refractivity contribution in [3.05, 3.63) is 30.1 Å². The number of rotatable bonds is 2. The number of halogens is 2. The highest BCUT2D eigenvalue weighted by atomic mass is 127. The highest BCUT2D eigenvalue weighted by molar-refractivity contribution is 14.1. The van der Waals surface area contributed by atoms with E-state index in [1.807, 2.05) is 22.6 Å². The Balaban J connectivity index is 2.75. The number of hydrogen-bond acceptors (Lipinski definition) is 1. The first-order chi connectivity index (χ1) is 6.11. The van der Waals surface area contributed by atoms with Crippen LogP contribution < -0.4 is 5.32 Å². The molecule has 1 amide bonds. The third kappa shape index (κ3) is 2.95. The highest BCUT2D eigenvalue weighted by Gasteiger charge is 2.10. The SMILES string of the molecule is CC(I)C(=O)Nc1ccccc1F. The van der Waals surface area contributed by atoms with E-state index in [1.54, 1.807) is 19.1 Å². The van der Waals surface area contributed by atoms with Gasteiger partial charge in [-0.3, -0.25) is 4.79 Å². The van der Waals surface area contributed by atoms with Crippen molar-refractivity contribution in [2.45, 2.75) is 10.8 Å². The summed E-state index contributed by atoms with van der Waals surface area (Å²) in [6, 6.07) is 6.11. The van der Waals surface area contributed by atoms with E-state index >= 15 is 0 Å². The Labute approximate surface area is 89.7 Å². The highest BCUT2D eigenvalue weighted by Crippen LogP contribution is 2.13. The largest absolute Gasteiger partial charge is 0.323 e. The Morgan fingerprint density at radius 1 is 1.54 bits per heavy atom. The van der Waals surface area contributed by atoms with Gasteiger partial charge in [0, 0.05) is 0 Å². The maximum atomic E-state index is 13.0. The smallest absolute Gasteiger partial charge is 0.237 e. The van der Waals surface area contributed by atoms with E-state index in [2.05, 4.69) is 5.32 Å². The van der Waals surface area contributed by atoms with Gasteiger partial charge in [-0.15, -0.1) is 0 Å². The van der Waals surface area contributed by atoms with Crippen molar-refractivity contribution in [1.82, 2.24) is 0 Å². The summed E-state index contributed by atoms with van der Waals surface area (Å²) in [6.07, 6.45) is 0. The number of para-hydroxylation sites is 1. The Morgan fingerprint density at radius 3 is 2.69 bits per heavy atom. The van der Waals surface area contributed by atoms with Crippen LogP contribution in [0, 0.1) is 5.82 Å². The predicted octanol–water partition coefficient (Wildman–Crippen LogP) is 2.59. The number of benzene rings is 1. The molecule has 0 aromatic heterocycles. The molecule has 0 saturated carbocycles. The van der Waals surface area contributed by atoms with Gasteiger partial charge in [0.1, 0.15) is 5.82 Å². The summed E-state index contributed by atoms with van der Waals surface area (Å²) in [4.78, 5) is 11.2. The molecular formula is C9H9FINO. The topological polar surface area (TPSA) is 29.1 Å². The molecule has 13 heavy (non-hydrogen) atoms. The number of anilines is 1. The summed E-state index contributed by atoms with van der Waals surface area (Å²) < 4.78 is 12.8. The van der Waals surface area contributed by atoms with Crippen molar-refractivity contribution >= 4 is 34.2 Å². The van der Waals surface area contributed by atoms with Gasteiger partial charge in [-0.05, 0) is 19.1 Å². The molecule has 0 spiro atoms. The van der Waals surface area contributed by atoms with Crippen LogP contribution in [0.2, 0.25) is 0 Å². The normalized spacial score (nSPS) is 12.2. The molecule has 0 saturated heterocycles. The van der Waals surface area contributed by atoms with Crippen molar-refractivity contribution in [3.8, 4) is 0 Å². The molecule has 1 aromatic carbocycles. The number of alkyl halides is 1. The maximum absolute atomic E-state index is 13.0. The van der Waals surface area contributed by atoms with E-state index < -0.39 is 5.82 Å². The van der Waals surface area contributed by atoms with E-state index in [1.165, 1.54) is 12.1 Å². The van der Waals surface area contributed by atoms with Gasteiger partial charge in [0.05, 0.1) is 9.61 Å². The third-order valence-electron chi connectivity index (χ3n) is 1.49. The minimum Gasteiger partial charge on any atom is -0.323 e. The fourth-order valence-corrected chi connectivity index (χ4v) is 0.950. The molecule has 0 fully saturated rings. The van der Waals surface area contributed by atoms with Gasteiger partial charge in [-0.2, -0.15) is 0 Å². The number of carbonyl (C=O) groups excluding carboxylic acids is 1. The average Bonchev–Trinajstić information content (AvgIpc) is 2.08. The van der Waals surface area contributed by atoms with E-state index in [0.717, 1.165) is 0 Å². The van der Waals surface area contributed by atoms with Crippen molar-refractivity contribution in [3.63, 3.8) is 0 Å². The van der Waals surface area contributed by atoms with Gasteiger partial charge in [-0.1, -0.05) is 34.7 Å². The van der Waals surface area contributed by atoms with E-state index in [4.69, 9.17) is 0 Å².